The van der Waals surface area contributed by atoms with Gasteiger partial charge in [0.25, 0.3) is 0 Å². The summed E-state index contributed by atoms with van der Waals surface area (Å²) in [5.74, 6) is 0. The van der Waals surface area contributed by atoms with Crippen molar-refractivity contribution in [2.75, 3.05) is 52.3 Å². The van der Waals surface area contributed by atoms with E-state index < -0.39 is 15.6 Å². The lowest BCUT2D eigenvalue weighted by molar-refractivity contribution is -0.139. The van der Waals surface area contributed by atoms with Gasteiger partial charge in [-0.15, -0.1) is 0 Å². The summed E-state index contributed by atoms with van der Waals surface area (Å²) in [7, 11) is -3.26. The van der Waals surface area contributed by atoms with Crippen LogP contribution in [0.1, 0.15) is 5.69 Å². The van der Waals surface area contributed by atoms with Gasteiger partial charge in [-0.2, -0.15) is 4.31 Å². The van der Waals surface area contributed by atoms with Crippen molar-refractivity contribution in [2.45, 2.75) is 12.1 Å². The van der Waals surface area contributed by atoms with Gasteiger partial charge < -0.3 is 9.47 Å². The molecule has 0 radical (unpaired) electrons. The summed E-state index contributed by atoms with van der Waals surface area (Å²) in [6.07, 6.45) is 3.02. The predicted molar refractivity (Wildman–Crippen MR) is 85.4 cm³/mol. The Balaban J connectivity index is 1.72. The van der Waals surface area contributed by atoms with E-state index in [0.717, 1.165) is 18.8 Å². The van der Waals surface area contributed by atoms with Gasteiger partial charge in [0.1, 0.15) is 5.60 Å². The fraction of sp³-hybridized carbons (Fsp3) is 0.667. The normalized spacial score (nSPS) is 27.9. The lowest BCUT2D eigenvalue weighted by Gasteiger charge is -2.42. The number of hydrogen-bond acceptors (Lipinski definition) is 6. The number of morpholine rings is 1. The van der Waals surface area contributed by atoms with Crippen molar-refractivity contribution < 1.29 is 17.9 Å². The molecule has 128 valence electrons. The minimum atomic E-state index is -3.26. The summed E-state index contributed by atoms with van der Waals surface area (Å²) < 4.78 is 36.9. The molecule has 0 bridgehead atoms. The van der Waals surface area contributed by atoms with Gasteiger partial charge in [-0.25, -0.2) is 8.42 Å². The number of pyridine rings is 1. The van der Waals surface area contributed by atoms with Crippen LogP contribution >= 0.6 is 0 Å². The molecule has 7 nitrogen and oxygen atoms in total. The first kappa shape index (κ1) is 16.8. The van der Waals surface area contributed by atoms with E-state index in [1.807, 2.05) is 18.2 Å². The molecule has 8 heteroatoms. The van der Waals surface area contributed by atoms with Crippen molar-refractivity contribution in [3.63, 3.8) is 0 Å². The van der Waals surface area contributed by atoms with Gasteiger partial charge in [0.05, 0.1) is 31.8 Å². The minimum absolute atomic E-state index is 0.338. The van der Waals surface area contributed by atoms with Gasteiger partial charge in [0.15, 0.2) is 0 Å². The molecule has 1 aromatic heterocycles. The van der Waals surface area contributed by atoms with Gasteiger partial charge in [0, 0.05) is 38.9 Å². The monoisotopic (exact) mass is 341 g/mol. The predicted octanol–water partition coefficient (Wildman–Crippen LogP) is -0.0556. The molecule has 2 saturated heterocycles. The highest BCUT2D eigenvalue weighted by molar-refractivity contribution is 7.88. The first-order chi connectivity index (χ1) is 11.0. The molecule has 0 N–H and O–H groups in total. The average Bonchev–Trinajstić information content (AvgIpc) is 2.71. The molecule has 1 atom stereocenters. The van der Waals surface area contributed by atoms with E-state index >= 15 is 0 Å². The molecule has 2 aliphatic rings. The molecule has 2 aliphatic heterocycles. The smallest absolute Gasteiger partial charge is 0.211 e. The highest BCUT2D eigenvalue weighted by atomic mass is 32.2. The Kier molecular flexibility index (Phi) is 4.98. The van der Waals surface area contributed by atoms with Gasteiger partial charge in [0.2, 0.25) is 10.0 Å². The van der Waals surface area contributed by atoms with E-state index in [1.165, 1.54) is 10.6 Å². The van der Waals surface area contributed by atoms with Crippen LogP contribution in [0.2, 0.25) is 0 Å². The molecule has 1 unspecified atom stereocenters. The fourth-order valence-electron chi connectivity index (χ4n) is 3.12. The molecule has 2 fully saturated rings. The van der Waals surface area contributed by atoms with E-state index in [1.54, 1.807) is 6.20 Å². The van der Waals surface area contributed by atoms with Crippen molar-refractivity contribution >= 4 is 10.0 Å². The molecule has 23 heavy (non-hydrogen) atoms. The topological polar surface area (TPSA) is 72.0 Å². The van der Waals surface area contributed by atoms with E-state index in [0.29, 0.717) is 39.5 Å². The van der Waals surface area contributed by atoms with E-state index in [-0.39, 0.29) is 0 Å². The summed E-state index contributed by atoms with van der Waals surface area (Å²) in [6, 6.07) is 5.86. The standard InChI is InChI=1S/C15H23N3O4S/c1-23(19,20)18-7-8-21-13-15(12-18)11-17(6-9-22-15)10-14-4-2-3-5-16-14/h2-5H,6-13H2,1H3. The van der Waals surface area contributed by atoms with Crippen LogP contribution in [0.3, 0.4) is 0 Å². The second-order valence-electron chi connectivity index (χ2n) is 6.21. The summed E-state index contributed by atoms with van der Waals surface area (Å²) in [6.45, 7) is 4.26. The van der Waals surface area contributed by atoms with Crippen molar-refractivity contribution in [2.24, 2.45) is 0 Å². The molecule has 1 spiro atoms. The zero-order valence-electron chi connectivity index (χ0n) is 13.3. The summed E-state index contributed by atoms with van der Waals surface area (Å²) >= 11 is 0. The molecule has 0 amide bonds. The number of hydrogen-bond donors (Lipinski definition) is 0. The zero-order chi connectivity index (χ0) is 16.3. The Labute approximate surface area is 137 Å². The fourth-order valence-corrected chi connectivity index (χ4v) is 3.99. The van der Waals surface area contributed by atoms with E-state index in [2.05, 4.69) is 9.88 Å². The van der Waals surface area contributed by atoms with Gasteiger partial charge in [-0.1, -0.05) is 6.07 Å². The zero-order valence-corrected chi connectivity index (χ0v) is 14.2. The lowest BCUT2D eigenvalue weighted by atomic mass is 10.0. The summed E-state index contributed by atoms with van der Waals surface area (Å²) in [5, 5.41) is 0. The molecule has 1 aromatic rings. The van der Waals surface area contributed by atoms with Gasteiger partial charge in [-0.05, 0) is 12.1 Å². The van der Waals surface area contributed by atoms with Crippen LogP contribution < -0.4 is 0 Å². The van der Waals surface area contributed by atoms with E-state index in [4.69, 9.17) is 9.47 Å². The van der Waals surface area contributed by atoms with Crippen molar-refractivity contribution in [3.8, 4) is 0 Å². The van der Waals surface area contributed by atoms with Crippen LogP contribution in [0.5, 0.6) is 0 Å². The minimum Gasteiger partial charge on any atom is -0.377 e. The number of aromatic nitrogens is 1. The van der Waals surface area contributed by atoms with Crippen molar-refractivity contribution in [1.82, 2.24) is 14.2 Å². The third kappa shape index (κ3) is 4.27. The number of sulfonamides is 1. The maximum absolute atomic E-state index is 11.9. The molecular weight excluding hydrogens is 318 g/mol. The highest BCUT2D eigenvalue weighted by Crippen LogP contribution is 2.24. The van der Waals surface area contributed by atoms with Gasteiger partial charge >= 0.3 is 0 Å². The average molecular weight is 341 g/mol. The van der Waals surface area contributed by atoms with Crippen LogP contribution in [-0.2, 0) is 26.0 Å². The third-order valence-electron chi connectivity index (χ3n) is 4.22. The SMILES string of the molecule is CS(=O)(=O)N1CCOCC2(CN(Cc3ccccn3)CCO2)C1. The molecule has 0 aliphatic carbocycles. The van der Waals surface area contributed by atoms with Crippen LogP contribution in [0, 0.1) is 0 Å². The van der Waals surface area contributed by atoms with Crippen molar-refractivity contribution in [3.05, 3.63) is 30.1 Å². The first-order valence-electron chi connectivity index (χ1n) is 7.76. The largest absolute Gasteiger partial charge is 0.377 e. The quantitative estimate of drug-likeness (QED) is 0.767. The summed E-state index contributed by atoms with van der Waals surface area (Å²) in [4.78, 5) is 6.61. The van der Waals surface area contributed by atoms with Crippen LogP contribution in [0.4, 0.5) is 0 Å². The van der Waals surface area contributed by atoms with E-state index in [9.17, 15) is 8.42 Å². The Morgan fingerprint density at radius 3 is 2.87 bits per heavy atom. The number of nitrogens with zero attached hydrogens (tertiary/aromatic N) is 3. The molecule has 3 heterocycles. The highest BCUT2D eigenvalue weighted by Gasteiger charge is 2.42. The molecule has 3 rings (SSSR count). The van der Waals surface area contributed by atoms with Crippen molar-refractivity contribution in [1.29, 1.82) is 0 Å². The van der Waals surface area contributed by atoms with Crippen LogP contribution in [0.25, 0.3) is 0 Å². The third-order valence-corrected chi connectivity index (χ3v) is 5.47. The maximum atomic E-state index is 11.9. The molecule has 0 aromatic carbocycles. The summed E-state index contributed by atoms with van der Waals surface area (Å²) in [5.41, 5.74) is 0.395. The lowest BCUT2D eigenvalue weighted by Crippen LogP contribution is -2.59. The Morgan fingerprint density at radius 1 is 1.26 bits per heavy atom. The van der Waals surface area contributed by atoms with Crippen LogP contribution in [0.15, 0.2) is 24.4 Å². The maximum Gasteiger partial charge on any atom is 0.211 e. The molecular formula is C15H23N3O4S. The number of ether oxygens (including phenoxy) is 2. The Bertz CT molecular complexity index is 625. The van der Waals surface area contributed by atoms with Crippen LogP contribution in [-0.4, -0.2) is 80.5 Å². The second kappa shape index (κ2) is 6.82. The Morgan fingerprint density at radius 2 is 2.13 bits per heavy atom. The second-order valence-corrected chi connectivity index (χ2v) is 8.19. The molecule has 0 saturated carbocycles. The number of rotatable bonds is 3. The first-order valence-corrected chi connectivity index (χ1v) is 9.61. The Hall–Kier alpha value is -1.06. The van der Waals surface area contributed by atoms with Gasteiger partial charge in [-0.3, -0.25) is 9.88 Å².